The van der Waals surface area contributed by atoms with E-state index in [4.69, 9.17) is 20.8 Å². The second kappa shape index (κ2) is 10.1. The fourth-order valence-corrected chi connectivity index (χ4v) is 4.36. The normalized spacial score (nSPS) is 11.1. The molecule has 0 aliphatic rings. The molecule has 0 saturated carbocycles. The fourth-order valence-electron chi connectivity index (χ4n) is 3.28. The van der Waals surface area contributed by atoms with Crippen molar-refractivity contribution in [3.63, 3.8) is 0 Å². The summed E-state index contributed by atoms with van der Waals surface area (Å²) in [6.07, 6.45) is 2.67. The molecule has 2 aromatic heterocycles. The van der Waals surface area contributed by atoms with Crippen molar-refractivity contribution in [1.29, 1.82) is 0 Å². The smallest absolute Gasteiger partial charge is 0.336 e. The number of ether oxygens (including phenoxy) is 1. The Bertz CT molecular complexity index is 1300. The maximum absolute atomic E-state index is 12.1. The van der Waals surface area contributed by atoms with Crippen LogP contribution in [0.3, 0.4) is 0 Å². The van der Waals surface area contributed by atoms with Crippen molar-refractivity contribution in [2.75, 3.05) is 0 Å². The van der Waals surface area contributed by atoms with E-state index in [1.807, 2.05) is 28.8 Å². The molecule has 6 nitrogen and oxygen atoms in total. The Morgan fingerprint density at radius 1 is 1.19 bits per heavy atom. The second-order valence-electron chi connectivity index (χ2n) is 7.10. The van der Waals surface area contributed by atoms with Crippen LogP contribution in [-0.4, -0.2) is 14.8 Å². The summed E-state index contributed by atoms with van der Waals surface area (Å²) in [7, 11) is 0. The summed E-state index contributed by atoms with van der Waals surface area (Å²) < 4.78 is 13.2. The van der Waals surface area contributed by atoms with Gasteiger partial charge in [0.25, 0.3) is 0 Å². The first kappa shape index (κ1) is 22.2. The molecule has 4 aromatic rings. The molecular weight excluding hydrogens is 446 g/mol. The molecule has 0 N–H and O–H groups in total. The Morgan fingerprint density at radius 3 is 2.75 bits per heavy atom. The Kier molecular flexibility index (Phi) is 6.97. The fraction of sp³-hybridized carbons (Fsp3) is 0.208. The van der Waals surface area contributed by atoms with Crippen molar-refractivity contribution in [1.82, 2.24) is 14.8 Å². The molecule has 0 atom stereocenters. The Balaban J connectivity index is 1.54. The van der Waals surface area contributed by atoms with E-state index < -0.39 is 0 Å². The number of halogens is 1. The van der Waals surface area contributed by atoms with Gasteiger partial charge in [0.2, 0.25) is 0 Å². The van der Waals surface area contributed by atoms with Gasteiger partial charge >= 0.3 is 5.63 Å². The lowest BCUT2D eigenvalue weighted by Crippen LogP contribution is -2.07. The lowest BCUT2D eigenvalue weighted by molar-refractivity contribution is 0.289. The first-order valence-electron chi connectivity index (χ1n) is 10.2. The minimum atomic E-state index is -0.356. The van der Waals surface area contributed by atoms with Crippen LogP contribution in [0.2, 0.25) is 5.02 Å². The quantitative estimate of drug-likeness (QED) is 0.180. The molecule has 0 aliphatic heterocycles. The molecule has 0 fully saturated rings. The number of allylic oxidation sites excluding steroid dienone is 1. The number of nitrogens with zero attached hydrogens (tertiary/aromatic N) is 3. The van der Waals surface area contributed by atoms with Gasteiger partial charge in [0.1, 0.15) is 17.9 Å². The highest BCUT2D eigenvalue weighted by atomic mass is 35.5. The van der Waals surface area contributed by atoms with Gasteiger partial charge in [-0.2, -0.15) is 0 Å². The summed E-state index contributed by atoms with van der Waals surface area (Å²) in [6.45, 7) is 6.72. The number of aromatic nitrogens is 3. The number of benzene rings is 2. The van der Waals surface area contributed by atoms with Gasteiger partial charge < -0.3 is 9.15 Å². The number of rotatable bonds is 9. The number of hydrogen-bond donors (Lipinski definition) is 0. The molecule has 0 aliphatic carbocycles. The molecule has 0 spiro atoms. The highest BCUT2D eigenvalue weighted by Crippen LogP contribution is 2.27. The van der Waals surface area contributed by atoms with Crippen molar-refractivity contribution in [3.05, 3.63) is 93.6 Å². The SMILES string of the molecule is C=CCn1c(COc2ccc(Cl)cc2)nnc1SCc1cc(=O)oc2cc(CC)ccc12. The first-order valence-corrected chi connectivity index (χ1v) is 11.5. The zero-order valence-corrected chi connectivity index (χ0v) is 19.2. The van der Waals surface area contributed by atoms with E-state index in [2.05, 4.69) is 29.8 Å². The van der Waals surface area contributed by atoms with E-state index in [9.17, 15) is 4.79 Å². The van der Waals surface area contributed by atoms with Crippen LogP contribution in [0.15, 0.2) is 75.6 Å². The molecule has 0 amide bonds. The second-order valence-corrected chi connectivity index (χ2v) is 8.48. The topological polar surface area (TPSA) is 70.2 Å². The molecule has 2 heterocycles. The average molecular weight is 468 g/mol. The predicted molar refractivity (Wildman–Crippen MR) is 127 cm³/mol. The lowest BCUT2D eigenvalue weighted by atomic mass is 10.1. The molecule has 8 heteroatoms. The number of thioether (sulfide) groups is 1. The van der Waals surface area contributed by atoms with Crippen LogP contribution < -0.4 is 10.4 Å². The molecule has 164 valence electrons. The summed E-state index contributed by atoms with van der Waals surface area (Å²) in [5.74, 6) is 1.94. The molecule has 32 heavy (non-hydrogen) atoms. The maximum Gasteiger partial charge on any atom is 0.336 e. The monoisotopic (exact) mass is 467 g/mol. The van der Waals surface area contributed by atoms with E-state index in [1.54, 1.807) is 24.3 Å². The van der Waals surface area contributed by atoms with Crippen molar-refractivity contribution >= 4 is 34.3 Å². The van der Waals surface area contributed by atoms with Gasteiger partial charge in [0.05, 0.1) is 0 Å². The molecule has 0 saturated heterocycles. The lowest BCUT2D eigenvalue weighted by Gasteiger charge is -2.10. The van der Waals surface area contributed by atoms with Gasteiger partial charge in [-0.25, -0.2) is 4.79 Å². The zero-order chi connectivity index (χ0) is 22.5. The predicted octanol–water partition coefficient (Wildman–Crippen LogP) is 5.66. The number of aryl methyl sites for hydroxylation is 1. The van der Waals surface area contributed by atoms with Gasteiger partial charge in [-0.1, -0.05) is 48.5 Å². The molecule has 0 unspecified atom stereocenters. The van der Waals surface area contributed by atoms with Gasteiger partial charge in [0, 0.05) is 28.8 Å². The summed E-state index contributed by atoms with van der Waals surface area (Å²) in [6, 6.07) is 14.7. The maximum atomic E-state index is 12.1. The van der Waals surface area contributed by atoms with Crippen molar-refractivity contribution < 1.29 is 9.15 Å². The highest BCUT2D eigenvalue weighted by molar-refractivity contribution is 7.98. The molecule has 0 bridgehead atoms. The van der Waals surface area contributed by atoms with E-state index in [0.29, 0.717) is 34.5 Å². The molecule has 2 aromatic carbocycles. The molecule has 0 radical (unpaired) electrons. The largest absolute Gasteiger partial charge is 0.486 e. The van der Waals surface area contributed by atoms with E-state index in [1.165, 1.54) is 11.8 Å². The summed E-state index contributed by atoms with van der Waals surface area (Å²) >= 11 is 7.43. The summed E-state index contributed by atoms with van der Waals surface area (Å²) in [4.78, 5) is 12.1. The third-order valence-corrected chi connectivity index (χ3v) is 6.21. The van der Waals surface area contributed by atoms with Gasteiger partial charge in [-0.3, -0.25) is 4.57 Å². The van der Waals surface area contributed by atoms with Gasteiger partial charge in [-0.15, -0.1) is 16.8 Å². The van der Waals surface area contributed by atoms with Gasteiger partial charge in [0.15, 0.2) is 11.0 Å². The zero-order valence-electron chi connectivity index (χ0n) is 17.6. The third kappa shape index (κ3) is 5.06. The minimum absolute atomic E-state index is 0.265. The summed E-state index contributed by atoms with van der Waals surface area (Å²) in [5, 5.41) is 10.9. The van der Waals surface area contributed by atoms with E-state index in [-0.39, 0.29) is 12.2 Å². The van der Waals surface area contributed by atoms with Crippen LogP contribution in [0.4, 0.5) is 0 Å². The van der Waals surface area contributed by atoms with Crippen LogP contribution in [0.5, 0.6) is 5.75 Å². The van der Waals surface area contributed by atoms with Crippen molar-refractivity contribution in [2.24, 2.45) is 0 Å². The third-order valence-electron chi connectivity index (χ3n) is 4.95. The molecule has 4 rings (SSSR count). The van der Waals surface area contributed by atoms with Crippen LogP contribution in [0.25, 0.3) is 11.0 Å². The van der Waals surface area contributed by atoms with E-state index >= 15 is 0 Å². The Labute approximate surface area is 194 Å². The van der Waals surface area contributed by atoms with Crippen LogP contribution in [0, 0.1) is 0 Å². The van der Waals surface area contributed by atoms with Crippen LogP contribution in [0.1, 0.15) is 23.9 Å². The van der Waals surface area contributed by atoms with Crippen molar-refractivity contribution in [3.8, 4) is 5.75 Å². The van der Waals surface area contributed by atoms with Crippen LogP contribution >= 0.6 is 23.4 Å². The first-order chi connectivity index (χ1) is 15.6. The average Bonchev–Trinajstić information content (AvgIpc) is 3.18. The van der Waals surface area contributed by atoms with Crippen LogP contribution in [-0.2, 0) is 25.3 Å². The number of fused-ring (bicyclic) bond motifs is 1. The van der Waals surface area contributed by atoms with Gasteiger partial charge in [-0.05, 0) is 47.9 Å². The van der Waals surface area contributed by atoms with E-state index in [0.717, 1.165) is 28.1 Å². The standard InChI is InChI=1S/C24H22ClN3O3S/c1-3-11-28-22(14-30-19-8-6-18(25)7-9-19)26-27-24(28)32-15-17-13-23(29)31-21-12-16(4-2)5-10-20(17)21/h3,5-10,12-13H,1,4,11,14-15H2,2H3. The highest BCUT2D eigenvalue weighted by Gasteiger charge is 2.14. The molecular formula is C24H22ClN3O3S. The Hall–Kier alpha value is -3.03. The summed E-state index contributed by atoms with van der Waals surface area (Å²) in [5.41, 5.74) is 2.28. The Morgan fingerprint density at radius 2 is 2.00 bits per heavy atom. The minimum Gasteiger partial charge on any atom is -0.486 e. The number of hydrogen-bond acceptors (Lipinski definition) is 6. The van der Waals surface area contributed by atoms with Crippen molar-refractivity contribution in [2.45, 2.75) is 37.4 Å².